The zero-order chi connectivity index (χ0) is 37.0. The molecule has 0 spiro atoms. The first-order valence-corrected chi connectivity index (χ1v) is 20.2. The predicted molar refractivity (Wildman–Crippen MR) is 196 cm³/mol. The molecule has 0 radical (unpaired) electrons. The van der Waals surface area contributed by atoms with E-state index in [0.717, 1.165) is 24.3 Å². The number of allylic oxidation sites excluding steroid dienone is 1. The normalized spacial score (nSPS) is 26.6. The minimum Gasteiger partial charge on any atom is -0.497 e. The van der Waals surface area contributed by atoms with Crippen molar-refractivity contribution in [3.05, 3.63) is 40.7 Å². The fourth-order valence-corrected chi connectivity index (χ4v) is 8.95. The molecule has 0 bridgehead atoms. The minimum atomic E-state index is -3.94. The van der Waals surface area contributed by atoms with Crippen molar-refractivity contribution >= 4 is 50.1 Å². The van der Waals surface area contributed by atoms with Crippen LogP contribution in [0.2, 0.25) is 0 Å². The fourth-order valence-electron chi connectivity index (χ4n) is 6.83. The smallest absolute Gasteiger partial charge is 0.319 e. The maximum Gasteiger partial charge on any atom is 0.319 e. The van der Waals surface area contributed by atoms with Gasteiger partial charge in [-0.2, -0.15) is 4.98 Å². The van der Waals surface area contributed by atoms with Gasteiger partial charge >= 0.3 is 6.03 Å². The Kier molecular flexibility index (Phi) is 9.43. The van der Waals surface area contributed by atoms with Gasteiger partial charge in [0.2, 0.25) is 21.8 Å². The lowest BCUT2D eigenvalue weighted by Gasteiger charge is -2.30. The van der Waals surface area contributed by atoms with Crippen LogP contribution < -0.4 is 19.5 Å². The summed E-state index contributed by atoms with van der Waals surface area (Å²) in [4.78, 5) is 59.2. The molecule has 2 aliphatic carbocycles. The fraction of sp³-hybridized carbons (Fsp3) is 0.556. The van der Waals surface area contributed by atoms with Gasteiger partial charge in [-0.1, -0.05) is 26.0 Å². The number of ether oxygens (including phenoxy) is 2. The number of hydrogen-bond donors (Lipinski definition) is 2. The molecule has 3 aromatic rings. The molecule has 7 rings (SSSR count). The van der Waals surface area contributed by atoms with Crippen molar-refractivity contribution < 1.29 is 32.3 Å². The van der Waals surface area contributed by atoms with Crippen LogP contribution in [0.15, 0.2) is 35.7 Å². The standard InChI is InChI=1S/C36H45N7O7S2/c1-21(2)31-38-27(20-51-31)29-37-26-16-23(49-5)11-12-25(26)30(39-29)50-24-17-28-32(44)42(4)15-9-7-6-8-10-22-18-36(22,40-34(46)43(28)19-24)33(45)41-52(47,48)35(3)13-14-35/h8,10-12,16,20-22,24,28H,6-7,9,13-15,17-19H2,1-5H3,(H,40,46)(H,41,45)/b10-8-/t22-,24+,28+,36-/m1/s1. The number of aromatic nitrogens is 3. The van der Waals surface area contributed by atoms with Crippen molar-refractivity contribution in [1.29, 1.82) is 0 Å². The Balaban J connectivity index is 1.19. The Morgan fingerprint density at radius 1 is 1.15 bits per heavy atom. The van der Waals surface area contributed by atoms with Crippen LogP contribution in [0.25, 0.3) is 22.4 Å². The van der Waals surface area contributed by atoms with Crippen LogP contribution in [0.1, 0.15) is 76.6 Å². The number of likely N-dealkylation sites (N-methyl/N-ethyl adjacent to an activating group) is 1. The third-order valence-corrected chi connectivity index (χ3v) is 13.9. The van der Waals surface area contributed by atoms with Crippen LogP contribution >= 0.6 is 11.3 Å². The zero-order valence-corrected chi connectivity index (χ0v) is 31.7. The van der Waals surface area contributed by atoms with Crippen LogP contribution in [0.4, 0.5) is 4.79 Å². The first-order valence-electron chi connectivity index (χ1n) is 17.8. The average Bonchev–Trinajstić information content (AvgIpc) is 3.88. The van der Waals surface area contributed by atoms with Crippen LogP contribution in [-0.2, 0) is 19.6 Å². The quantitative estimate of drug-likeness (QED) is 0.315. The highest BCUT2D eigenvalue weighted by molar-refractivity contribution is 7.91. The average molecular weight is 752 g/mol. The highest BCUT2D eigenvalue weighted by Gasteiger charge is 2.63. The Bertz CT molecular complexity index is 2050. The van der Waals surface area contributed by atoms with E-state index < -0.39 is 50.3 Å². The number of rotatable bonds is 8. The molecular weight excluding hydrogens is 707 g/mol. The molecule has 2 saturated carbocycles. The van der Waals surface area contributed by atoms with Gasteiger partial charge in [-0.25, -0.2) is 23.2 Å². The number of sulfonamides is 1. The van der Waals surface area contributed by atoms with E-state index in [1.807, 2.05) is 23.6 Å². The molecule has 2 aromatic heterocycles. The number of amides is 4. The SMILES string of the molecule is COc1ccc2c(O[C@H]3C[C@H]4C(=O)N(C)CCCC/C=C\[C@@H]5C[C@@]5(C(=O)NS(=O)(=O)C5(C)CC5)NC(=O)N4C3)nc(-c3csc(C(C)C)n3)nc2c1. The van der Waals surface area contributed by atoms with E-state index in [-0.39, 0.29) is 37.1 Å². The van der Waals surface area contributed by atoms with E-state index in [4.69, 9.17) is 24.4 Å². The largest absolute Gasteiger partial charge is 0.497 e. The van der Waals surface area contributed by atoms with E-state index in [1.54, 1.807) is 38.1 Å². The molecule has 1 saturated heterocycles. The van der Waals surface area contributed by atoms with Crippen molar-refractivity contribution in [2.45, 2.75) is 94.1 Å². The lowest BCUT2D eigenvalue weighted by Crippen LogP contribution is -2.58. The van der Waals surface area contributed by atoms with Crippen LogP contribution in [-0.4, -0.2) is 101 Å². The molecule has 0 unspecified atom stereocenters. The summed E-state index contributed by atoms with van der Waals surface area (Å²) in [5.41, 5.74) is -0.273. The third kappa shape index (κ3) is 6.82. The minimum absolute atomic E-state index is 0.0236. The summed E-state index contributed by atoms with van der Waals surface area (Å²) in [5.74, 6) is 0.0938. The molecule has 52 heavy (non-hydrogen) atoms. The number of methoxy groups -OCH3 is 1. The van der Waals surface area contributed by atoms with Gasteiger partial charge in [0.25, 0.3) is 5.91 Å². The van der Waals surface area contributed by atoms with Gasteiger partial charge in [-0.3, -0.25) is 14.3 Å². The summed E-state index contributed by atoms with van der Waals surface area (Å²) in [6.07, 6.45) is 6.86. The highest BCUT2D eigenvalue weighted by Crippen LogP contribution is 2.47. The molecule has 14 nitrogen and oxygen atoms in total. The monoisotopic (exact) mass is 751 g/mol. The van der Waals surface area contributed by atoms with Crippen molar-refractivity contribution in [2.24, 2.45) is 5.92 Å². The third-order valence-electron chi connectivity index (χ3n) is 10.6. The number of carbonyl (C=O) groups is 3. The highest BCUT2D eigenvalue weighted by atomic mass is 32.2. The van der Waals surface area contributed by atoms with E-state index >= 15 is 0 Å². The van der Waals surface area contributed by atoms with Gasteiger partial charge in [-0.05, 0) is 57.6 Å². The second-order valence-electron chi connectivity index (χ2n) is 14.9. The van der Waals surface area contributed by atoms with Gasteiger partial charge < -0.3 is 24.6 Å². The topological polar surface area (TPSA) is 173 Å². The second-order valence-corrected chi connectivity index (χ2v) is 18.0. The van der Waals surface area contributed by atoms with Gasteiger partial charge in [0, 0.05) is 43.3 Å². The number of carbonyl (C=O) groups excluding carboxylic acids is 3. The van der Waals surface area contributed by atoms with Crippen LogP contribution in [0, 0.1) is 5.92 Å². The summed E-state index contributed by atoms with van der Waals surface area (Å²) in [6, 6.07) is 3.86. The number of urea groups is 1. The number of hydrogen-bond acceptors (Lipinski definition) is 11. The summed E-state index contributed by atoms with van der Waals surface area (Å²) in [7, 11) is -0.645. The summed E-state index contributed by atoms with van der Waals surface area (Å²) >= 11 is 1.53. The summed E-state index contributed by atoms with van der Waals surface area (Å²) < 4.78 is 39.4. The van der Waals surface area contributed by atoms with Crippen molar-refractivity contribution in [3.8, 4) is 23.1 Å². The molecule has 1 aromatic carbocycles. The predicted octanol–water partition coefficient (Wildman–Crippen LogP) is 4.37. The van der Waals surface area contributed by atoms with Gasteiger partial charge in [0.15, 0.2) is 5.82 Å². The zero-order valence-electron chi connectivity index (χ0n) is 30.0. The molecule has 4 atom stereocenters. The van der Waals surface area contributed by atoms with E-state index in [2.05, 4.69) is 23.9 Å². The summed E-state index contributed by atoms with van der Waals surface area (Å²) in [6.45, 7) is 6.28. The molecule has 4 amide bonds. The van der Waals surface area contributed by atoms with E-state index in [9.17, 15) is 22.8 Å². The molecular formula is C36H45N7O7S2. The molecule has 16 heteroatoms. The first-order chi connectivity index (χ1) is 24.7. The molecule has 4 heterocycles. The lowest BCUT2D eigenvalue weighted by molar-refractivity contribution is -0.134. The molecule has 2 N–H and O–H groups in total. The van der Waals surface area contributed by atoms with Crippen molar-refractivity contribution in [1.82, 2.24) is 34.8 Å². The molecule has 278 valence electrons. The molecule has 2 aliphatic heterocycles. The number of benzene rings is 1. The Hall–Kier alpha value is -4.31. The van der Waals surface area contributed by atoms with Crippen LogP contribution in [0.3, 0.4) is 0 Å². The van der Waals surface area contributed by atoms with E-state index in [0.29, 0.717) is 47.6 Å². The Labute approximate surface area is 307 Å². The number of thiazole rings is 1. The van der Waals surface area contributed by atoms with Crippen molar-refractivity contribution in [3.63, 3.8) is 0 Å². The van der Waals surface area contributed by atoms with E-state index in [1.165, 1.54) is 16.2 Å². The van der Waals surface area contributed by atoms with Gasteiger partial charge in [0.1, 0.15) is 29.1 Å². The number of nitrogens with one attached hydrogen (secondary N) is 2. The lowest BCUT2D eigenvalue weighted by atomic mass is 10.1. The number of fused-ring (bicyclic) bond motifs is 3. The summed E-state index contributed by atoms with van der Waals surface area (Å²) in [5, 5.41) is 6.36. The molecule has 3 fully saturated rings. The van der Waals surface area contributed by atoms with Gasteiger partial charge in [0.05, 0.1) is 34.3 Å². The Morgan fingerprint density at radius 3 is 2.65 bits per heavy atom. The number of nitrogens with zero attached hydrogens (tertiary/aromatic N) is 5. The molecule has 4 aliphatic rings. The maximum absolute atomic E-state index is 14.2. The Morgan fingerprint density at radius 2 is 1.94 bits per heavy atom. The van der Waals surface area contributed by atoms with Crippen molar-refractivity contribution in [2.75, 3.05) is 27.2 Å². The second kappa shape index (κ2) is 13.6. The van der Waals surface area contributed by atoms with Gasteiger partial charge in [-0.15, -0.1) is 11.3 Å². The first kappa shape index (κ1) is 36.1. The van der Waals surface area contributed by atoms with Crippen LogP contribution in [0.5, 0.6) is 11.6 Å². The maximum atomic E-state index is 14.2.